The van der Waals surface area contributed by atoms with Gasteiger partial charge in [0.05, 0.1) is 26.2 Å². The summed E-state index contributed by atoms with van der Waals surface area (Å²) in [5.74, 6) is 0.343. The standard InChI is InChI=1S/C23H26N2O5S/c1-16(23(26)24-15-18-10-7-9-17-8-5-6-11-20(17)18)25(31(4,27)28)21-14-19(29-2)12-13-22(21)30-3/h5-14,16H,15H2,1-4H3,(H,24,26). The summed E-state index contributed by atoms with van der Waals surface area (Å²) in [6, 6.07) is 17.6. The SMILES string of the molecule is COc1ccc(OC)c(N(C(C)C(=O)NCc2cccc3ccccc23)S(C)(=O)=O)c1. The number of methoxy groups -OCH3 is 2. The van der Waals surface area contributed by atoms with Crippen LogP contribution in [0.15, 0.2) is 60.7 Å². The second-order valence-corrected chi connectivity index (χ2v) is 8.99. The van der Waals surface area contributed by atoms with Crippen LogP contribution in [0.25, 0.3) is 10.8 Å². The molecule has 0 aliphatic heterocycles. The fraction of sp³-hybridized carbons (Fsp3) is 0.261. The van der Waals surface area contributed by atoms with Crippen LogP contribution >= 0.6 is 0 Å². The molecule has 164 valence electrons. The van der Waals surface area contributed by atoms with Gasteiger partial charge in [-0.3, -0.25) is 9.10 Å². The number of ether oxygens (including phenoxy) is 2. The van der Waals surface area contributed by atoms with Crippen LogP contribution in [0.3, 0.4) is 0 Å². The molecule has 1 amide bonds. The van der Waals surface area contributed by atoms with Gasteiger partial charge in [0.15, 0.2) is 0 Å². The van der Waals surface area contributed by atoms with Crippen LogP contribution in [0, 0.1) is 0 Å². The van der Waals surface area contributed by atoms with Gasteiger partial charge in [-0.05, 0) is 35.4 Å². The molecule has 3 aromatic rings. The van der Waals surface area contributed by atoms with Gasteiger partial charge in [-0.25, -0.2) is 8.42 Å². The van der Waals surface area contributed by atoms with E-state index in [9.17, 15) is 13.2 Å². The van der Waals surface area contributed by atoms with Crippen LogP contribution in [-0.2, 0) is 21.4 Å². The first kappa shape index (κ1) is 22.4. The molecule has 8 heteroatoms. The normalized spacial score (nSPS) is 12.3. The molecule has 0 fully saturated rings. The minimum atomic E-state index is -3.80. The lowest BCUT2D eigenvalue weighted by Gasteiger charge is -2.29. The highest BCUT2D eigenvalue weighted by molar-refractivity contribution is 7.92. The minimum Gasteiger partial charge on any atom is -0.497 e. The summed E-state index contributed by atoms with van der Waals surface area (Å²) in [6.45, 7) is 1.82. The van der Waals surface area contributed by atoms with Crippen molar-refractivity contribution in [3.8, 4) is 11.5 Å². The number of hydrogen-bond acceptors (Lipinski definition) is 5. The zero-order valence-electron chi connectivity index (χ0n) is 18.0. The lowest BCUT2D eigenvalue weighted by atomic mass is 10.0. The molecule has 1 unspecified atom stereocenters. The molecule has 0 heterocycles. The molecule has 1 atom stereocenters. The largest absolute Gasteiger partial charge is 0.497 e. The zero-order chi connectivity index (χ0) is 22.6. The summed E-state index contributed by atoms with van der Waals surface area (Å²) >= 11 is 0. The smallest absolute Gasteiger partial charge is 0.243 e. The number of rotatable bonds is 8. The van der Waals surface area contributed by atoms with E-state index in [0.717, 1.165) is 26.9 Å². The third-order valence-corrected chi connectivity index (χ3v) is 6.27. The molecule has 0 spiro atoms. The van der Waals surface area contributed by atoms with Gasteiger partial charge in [-0.15, -0.1) is 0 Å². The van der Waals surface area contributed by atoms with Gasteiger partial charge in [0.25, 0.3) is 0 Å². The van der Waals surface area contributed by atoms with Crippen molar-refractivity contribution in [2.75, 3.05) is 24.8 Å². The van der Waals surface area contributed by atoms with Crippen LogP contribution in [0.1, 0.15) is 12.5 Å². The van der Waals surface area contributed by atoms with E-state index in [4.69, 9.17) is 9.47 Å². The number of hydrogen-bond donors (Lipinski definition) is 1. The number of amides is 1. The maximum absolute atomic E-state index is 13.0. The highest BCUT2D eigenvalue weighted by atomic mass is 32.2. The van der Waals surface area contributed by atoms with Crippen LogP contribution in [0.4, 0.5) is 5.69 Å². The van der Waals surface area contributed by atoms with Crippen molar-refractivity contribution in [2.45, 2.75) is 19.5 Å². The minimum absolute atomic E-state index is 0.233. The van der Waals surface area contributed by atoms with E-state index < -0.39 is 22.0 Å². The molecule has 0 bridgehead atoms. The molecular weight excluding hydrogens is 416 g/mol. The van der Waals surface area contributed by atoms with Crippen LogP contribution in [0.2, 0.25) is 0 Å². The van der Waals surface area contributed by atoms with E-state index >= 15 is 0 Å². The second kappa shape index (κ2) is 9.26. The van der Waals surface area contributed by atoms with Gasteiger partial charge in [0.1, 0.15) is 17.5 Å². The number of benzene rings is 3. The Morgan fingerprint density at radius 2 is 1.74 bits per heavy atom. The van der Waals surface area contributed by atoms with Gasteiger partial charge < -0.3 is 14.8 Å². The molecule has 0 saturated heterocycles. The molecule has 31 heavy (non-hydrogen) atoms. The maximum atomic E-state index is 13.0. The molecule has 3 rings (SSSR count). The van der Waals surface area contributed by atoms with Gasteiger partial charge in [0.2, 0.25) is 15.9 Å². The van der Waals surface area contributed by atoms with Crippen LogP contribution in [-0.4, -0.2) is 40.8 Å². The number of fused-ring (bicyclic) bond motifs is 1. The summed E-state index contributed by atoms with van der Waals surface area (Å²) in [6.07, 6.45) is 1.06. The van der Waals surface area contributed by atoms with Crippen LogP contribution < -0.4 is 19.1 Å². The molecule has 3 aromatic carbocycles. The fourth-order valence-electron chi connectivity index (χ4n) is 3.53. The van der Waals surface area contributed by atoms with E-state index in [2.05, 4.69) is 5.32 Å². The predicted octanol–water partition coefficient (Wildman–Crippen LogP) is 3.33. The molecule has 7 nitrogen and oxygen atoms in total. The van der Waals surface area contributed by atoms with Crippen molar-refractivity contribution < 1.29 is 22.7 Å². The Hall–Kier alpha value is -3.26. The Morgan fingerprint density at radius 3 is 2.42 bits per heavy atom. The summed E-state index contributed by atoms with van der Waals surface area (Å²) in [7, 11) is -0.876. The molecule has 0 radical (unpaired) electrons. The van der Waals surface area contributed by atoms with Crippen molar-refractivity contribution in [2.24, 2.45) is 0 Å². The quantitative estimate of drug-likeness (QED) is 0.578. The summed E-state index contributed by atoms with van der Waals surface area (Å²) in [5.41, 5.74) is 1.18. The monoisotopic (exact) mass is 442 g/mol. The van der Waals surface area contributed by atoms with Gasteiger partial charge in [-0.2, -0.15) is 0 Å². The Balaban J connectivity index is 1.89. The maximum Gasteiger partial charge on any atom is 0.243 e. The van der Waals surface area contributed by atoms with E-state index in [0.29, 0.717) is 11.5 Å². The zero-order valence-corrected chi connectivity index (χ0v) is 18.8. The third kappa shape index (κ3) is 4.91. The highest BCUT2D eigenvalue weighted by Gasteiger charge is 2.31. The van der Waals surface area contributed by atoms with Gasteiger partial charge in [-0.1, -0.05) is 42.5 Å². The van der Waals surface area contributed by atoms with E-state index in [-0.39, 0.29) is 12.2 Å². The Morgan fingerprint density at radius 1 is 1.03 bits per heavy atom. The number of carbonyl (C=O) groups is 1. The number of sulfonamides is 1. The van der Waals surface area contributed by atoms with Crippen molar-refractivity contribution in [3.05, 3.63) is 66.2 Å². The first-order valence-corrected chi connectivity index (χ1v) is 11.6. The fourth-order valence-corrected chi connectivity index (χ4v) is 4.70. The average molecular weight is 443 g/mol. The molecule has 0 saturated carbocycles. The van der Waals surface area contributed by atoms with Gasteiger partial charge >= 0.3 is 0 Å². The molecule has 1 N–H and O–H groups in total. The molecule has 0 aliphatic carbocycles. The Bertz CT molecular complexity index is 1190. The summed E-state index contributed by atoms with van der Waals surface area (Å²) in [4.78, 5) is 13.0. The van der Waals surface area contributed by atoms with Crippen molar-refractivity contribution in [3.63, 3.8) is 0 Å². The highest BCUT2D eigenvalue weighted by Crippen LogP contribution is 2.35. The first-order chi connectivity index (χ1) is 14.8. The summed E-state index contributed by atoms with van der Waals surface area (Å²) < 4.78 is 36.9. The molecule has 0 aromatic heterocycles. The Kier molecular flexibility index (Phi) is 6.70. The van der Waals surface area contributed by atoms with Crippen molar-refractivity contribution in [1.82, 2.24) is 5.32 Å². The number of nitrogens with zero attached hydrogens (tertiary/aromatic N) is 1. The number of nitrogens with one attached hydrogen (secondary N) is 1. The number of anilines is 1. The summed E-state index contributed by atoms with van der Waals surface area (Å²) in [5, 5.41) is 4.97. The van der Waals surface area contributed by atoms with Gasteiger partial charge in [0, 0.05) is 12.6 Å². The Labute approximate surface area is 182 Å². The third-order valence-electron chi connectivity index (χ3n) is 5.04. The number of carbonyl (C=O) groups excluding carboxylic acids is 1. The molecular formula is C23H26N2O5S. The topological polar surface area (TPSA) is 84.9 Å². The van der Waals surface area contributed by atoms with Crippen LogP contribution in [0.5, 0.6) is 11.5 Å². The molecule has 0 aliphatic rings. The van der Waals surface area contributed by atoms with E-state index in [1.807, 2.05) is 42.5 Å². The van der Waals surface area contributed by atoms with E-state index in [1.165, 1.54) is 20.3 Å². The van der Waals surface area contributed by atoms with Crippen molar-refractivity contribution >= 4 is 32.4 Å². The first-order valence-electron chi connectivity index (χ1n) is 9.72. The van der Waals surface area contributed by atoms with Crippen molar-refractivity contribution in [1.29, 1.82) is 0 Å². The second-order valence-electron chi connectivity index (χ2n) is 7.13. The lowest BCUT2D eigenvalue weighted by Crippen LogP contribution is -2.47. The average Bonchev–Trinajstić information content (AvgIpc) is 2.76. The van der Waals surface area contributed by atoms with E-state index in [1.54, 1.807) is 19.1 Å². The predicted molar refractivity (Wildman–Crippen MR) is 122 cm³/mol. The lowest BCUT2D eigenvalue weighted by molar-refractivity contribution is -0.122.